The Kier molecular flexibility index (Phi) is 2.75. The van der Waals surface area contributed by atoms with E-state index in [2.05, 4.69) is 10.3 Å². The lowest BCUT2D eigenvalue weighted by Gasteiger charge is -2.11. The molecule has 3 rings (SSSR count). The number of aromatic nitrogens is 1. The lowest BCUT2D eigenvalue weighted by Crippen LogP contribution is -1.96. The zero-order chi connectivity index (χ0) is 14.3. The number of nitrogens with zero attached hydrogens (tertiary/aromatic N) is 2. The third-order valence-electron chi connectivity index (χ3n) is 3.45. The predicted molar refractivity (Wildman–Crippen MR) is 80.2 cm³/mol. The van der Waals surface area contributed by atoms with Gasteiger partial charge in [0, 0.05) is 30.0 Å². The van der Waals surface area contributed by atoms with Gasteiger partial charge in [0.15, 0.2) is 0 Å². The van der Waals surface area contributed by atoms with E-state index in [1.807, 2.05) is 32.2 Å². The van der Waals surface area contributed by atoms with Crippen LogP contribution in [0.1, 0.15) is 5.56 Å². The lowest BCUT2D eigenvalue weighted by atomic mass is 10.0. The number of hydrogen-bond donors (Lipinski definition) is 1. The average molecular weight is 267 g/mol. The third kappa shape index (κ3) is 1.75. The summed E-state index contributed by atoms with van der Waals surface area (Å²) in [5, 5.41) is 16.0. The first-order valence-corrected chi connectivity index (χ1v) is 6.27. The van der Waals surface area contributed by atoms with Gasteiger partial charge in [0.2, 0.25) is 0 Å². The molecule has 0 aliphatic rings. The number of rotatable bonds is 2. The van der Waals surface area contributed by atoms with E-state index in [1.165, 1.54) is 12.1 Å². The second kappa shape index (κ2) is 4.45. The quantitative estimate of drug-likeness (QED) is 0.437. The molecule has 3 aromatic rings. The summed E-state index contributed by atoms with van der Waals surface area (Å²) in [7, 11) is 1.85. The van der Waals surface area contributed by atoms with Gasteiger partial charge >= 0.3 is 0 Å². The number of anilines is 1. The minimum atomic E-state index is -0.401. The molecule has 0 unspecified atom stereocenters. The second-order valence-electron chi connectivity index (χ2n) is 4.67. The summed E-state index contributed by atoms with van der Waals surface area (Å²) >= 11 is 0. The van der Waals surface area contributed by atoms with Crippen molar-refractivity contribution in [1.82, 2.24) is 4.98 Å². The first-order valence-electron chi connectivity index (χ1n) is 6.27. The van der Waals surface area contributed by atoms with E-state index in [0.717, 1.165) is 27.5 Å². The van der Waals surface area contributed by atoms with Gasteiger partial charge < -0.3 is 5.32 Å². The van der Waals surface area contributed by atoms with Gasteiger partial charge in [-0.05, 0) is 18.6 Å². The summed E-state index contributed by atoms with van der Waals surface area (Å²) in [6.07, 6.45) is 0. The highest BCUT2D eigenvalue weighted by Gasteiger charge is 2.13. The molecule has 1 heterocycles. The van der Waals surface area contributed by atoms with Gasteiger partial charge in [-0.2, -0.15) is 0 Å². The molecule has 0 radical (unpaired) electrons. The number of nitrogens with one attached hydrogen (secondary N) is 1. The molecule has 0 bridgehead atoms. The Morgan fingerprint density at radius 3 is 2.70 bits per heavy atom. The summed E-state index contributed by atoms with van der Waals surface area (Å²) in [5.41, 5.74) is 3.55. The Morgan fingerprint density at radius 1 is 1.20 bits per heavy atom. The van der Waals surface area contributed by atoms with Crippen molar-refractivity contribution in [3.05, 3.63) is 52.1 Å². The number of para-hydroxylation sites is 1. The molecular formula is C15H13N3O2. The van der Waals surface area contributed by atoms with Crippen molar-refractivity contribution in [2.45, 2.75) is 6.92 Å². The lowest BCUT2D eigenvalue weighted by molar-refractivity contribution is -0.384. The molecule has 0 fully saturated rings. The molecule has 1 aromatic heterocycles. The van der Waals surface area contributed by atoms with E-state index in [9.17, 15) is 10.1 Å². The van der Waals surface area contributed by atoms with Crippen molar-refractivity contribution in [3.63, 3.8) is 0 Å². The number of benzene rings is 2. The van der Waals surface area contributed by atoms with Gasteiger partial charge in [-0.1, -0.05) is 18.2 Å². The van der Waals surface area contributed by atoms with E-state index in [-0.39, 0.29) is 5.69 Å². The summed E-state index contributed by atoms with van der Waals surface area (Å²) < 4.78 is 0. The molecule has 20 heavy (non-hydrogen) atoms. The number of fused-ring (bicyclic) bond motifs is 2. The van der Waals surface area contributed by atoms with Gasteiger partial charge in [-0.15, -0.1) is 0 Å². The van der Waals surface area contributed by atoms with E-state index in [1.54, 1.807) is 6.07 Å². The zero-order valence-corrected chi connectivity index (χ0v) is 11.2. The maximum absolute atomic E-state index is 10.9. The van der Waals surface area contributed by atoms with Crippen molar-refractivity contribution in [2.24, 2.45) is 0 Å². The van der Waals surface area contributed by atoms with Crippen LogP contribution < -0.4 is 5.32 Å². The maximum atomic E-state index is 10.9. The minimum absolute atomic E-state index is 0.0555. The number of nitro benzene ring substituents is 1. The van der Waals surface area contributed by atoms with Gasteiger partial charge in [-0.3, -0.25) is 10.1 Å². The molecule has 1 N–H and O–H groups in total. The molecule has 0 aliphatic heterocycles. The SMILES string of the molecule is CNc1c2ccc([N+](=O)[O-])cc2nc2c(C)cccc12. The predicted octanol–water partition coefficient (Wildman–Crippen LogP) is 3.65. The van der Waals surface area contributed by atoms with E-state index >= 15 is 0 Å². The van der Waals surface area contributed by atoms with Crippen LogP contribution in [0.4, 0.5) is 11.4 Å². The van der Waals surface area contributed by atoms with Gasteiger partial charge in [0.1, 0.15) is 0 Å². The summed E-state index contributed by atoms with van der Waals surface area (Å²) in [6.45, 7) is 1.98. The van der Waals surface area contributed by atoms with Gasteiger partial charge in [-0.25, -0.2) is 4.98 Å². The Labute approximate surface area is 115 Å². The van der Waals surface area contributed by atoms with Crippen LogP contribution in [-0.2, 0) is 0 Å². The first-order chi connectivity index (χ1) is 9.61. The molecule has 0 spiro atoms. The largest absolute Gasteiger partial charge is 0.387 e. The minimum Gasteiger partial charge on any atom is -0.387 e. The molecule has 0 saturated carbocycles. The van der Waals surface area contributed by atoms with Crippen LogP contribution in [0.2, 0.25) is 0 Å². The van der Waals surface area contributed by atoms with E-state index < -0.39 is 4.92 Å². The highest BCUT2D eigenvalue weighted by molar-refractivity contribution is 6.08. The van der Waals surface area contributed by atoms with Crippen molar-refractivity contribution in [3.8, 4) is 0 Å². The van der Waals surface area contributed by atoms with Crippen molar-refractivity contribution < 1.29 is 4.92 Å². The number of hydrogen-bond acceptors (Lipinski definition) is 4. The molecule has 0 atom stereocenters. The Balaban J connectivity index is 2.48. The molecular weight excluding hydrogens is 254 g/mol. The number of nitro groups is 1. The molecule has 100 valence electrons. The second-order valence-corrected chi connectivity index (χ2v) is 4.67. The Morgan fingerprint density at radius 2 is 2.00 bits per heavy atom. The van der Waals surface area contributed by atoms with Crippen molar-refractivity contribution in [1.29, 1.82) is 0 Å². The van der Waals surface area contributed by atoms with Crippen LogP contribution in [0.3, 0.4) is 0 Å². The van der Waals surface area contributed by atoms with Crippen LogP contribution in [0.25, 0.3) is 21.8 Å². The number of aryl methyl sites for hydroxylation is 1. The van der Waals surface area contributed by atoms with Crippen LogP contribution in [0.5, 0.6) is 0 Å². The van der Waals surface area contributed by atoms with Crippen LogP contribution in [-0.4, -0.2) is 17.0 Å². The highest BCUT2D eigenvalue weighted by Crippen LogP contribution is 2.33. The standard InChI is InChI=1S/C15H13N3O2/c1-9-4-3-5-12-14(9)17-13-8-10(18(19)20)6-7-11(13)15(12)16-2/h3-8H,1-2H3,(H,16,17). The van der Waals surface area contributed by atoms with E-state index in [0.29, 0.717) is 5.52 Å². The average Bonchev–Trinajstić information content (AvgIpc) is 2.45. The van der Waals surface area contributed by atoms with Crippen molar-refractivity contribution in [2.75, 3.05) is 12.4 Å². The number of non-ortho nitro benzene ring substituents is 1. The fourth-order valence-electron chi connectivity index (χ4n) is 2.48. The molecule has 0 aliphatic carbocycles. The molecule has 5 nitrogen and oxygen atoms in total. The Bertz CT molecular complexity index is 843. The summed E-state index contributed by atoms with van der Waals surface area (Å²) in [4.78, 5) is 15.1. The van der Waals surface area contributed by atoms with Gasteiger partial charge in [0.05, 0.1) is 21.6 Å². The van der Waals surface area contributed by atoms with Crippen LogP contribution in [0.15, 0.2) is 36.4 Å². The van der Waals surface area contributed by atoms with Crippen LogP contribution in [0, 0.1) is 17.0 Å². The zero-order valence-electron chi connectivity index (χ0n) is 11.2. The molecule has 2 aromatic carbocycles. The highest BCUT2D eigenvalue weighted by atomic mass is 16.6. The normalized spacial score (nSPS) is 10.9. The van der Waals surface area contributed by atoms with Gasteiger partial charge in [0.25, 0.3) is 5.69 Å². The fourth-order valence-corrected chi connectivity index (χ4v) is 2.48. The summed E-state index contributed by atoms with van der Waals surface area (Å²) in [6, 6.07) is 10.7. The monoisotopic (exact) mass is 267 g/mol. The fraction of sp³-hybridized carbons (Fsp3) is 0.133. The maximum Gasteiger partial charge on any atom is 0.271 e. The van der Waals surface area contributed by atoms with E-state index in [4.69, 9.17) is 0 Å². The first kappa shape index (κ1) is 12.3. The third-order valence-corrected chi connectivity index (χ3v) is 3.45. The smallest absolute Gasteiger partial charge is 0.271 e. The van der Waals surface area contributed by atoms with Crippen LogP contribution >= 0.6 is 0 Å². The Hall–Kier alpha value is -2.69. The molecule has 0 amide bonds. The molecule has 0 saturated heterocycles. The van der Waals surface area contributed by atoms with Crippen molar-refractivity contribution >= 4 is 33.2 Å². The molecule has 5 heteroatoms. The summed E-state index contributed by atoms with van der Waals surface area (Å²) in [5.74, 6) is 0. The number of pyridine rings is 1. The topological polar surface area (TPSA) is 68.1 Å².